The molecule has 2 aromatic carbocycles. The Kier molecular flexibility index (Phi) is 5.65. The van der Waals surface area contributed by atoms with E-state index in [1.54, 1.807) is 11.3 Å². The minimum atomic E-state index is -0.742. The van der Waals surface area contributed by atoms with E-state index in [0.717, 1.165) is 17.0 Å². The van der Waals surface area contributed by atoms with Crippen molar-refractivity contribution in [2.45, 2.75) is 26.5 Å². The average molecular weight is 416 g/mol. The van der Waals surface area contributed by atoms with Crippen molar-refractivity contribution in [1.29, 1.82) is 5.26 Å². The fourth-order valence-corrected chi connectivity index (χ4v) is 3.87. The molecule has 0 amide bonds. The van der Waals surface area contributed by atoms with Gasteiger partial charge in [-0.25, -0.2) is 0 Å². The van der Waals surface area contributed by atoms with Gasteiger partial charge in [-0.15, -0.1) is 0 Å². The van der Waals surface area contributed by atoms with E-state index in [4.69, 9.17) is 4.74 Å². The molecule has 0 radical (unpaired) electrons. The number of anilines is 1. The normalized spacial score (nSPS) is 12.1. The number of nitriles is 1. The molecule has 0 aliphatic rings. The van der Waals surface area contributed by atoms with Gasteiger partial charge in [0.1, 0.15) is 17.5 Å². The van der Waals surface area contributed by atoms with Gasteiger partial charge in [-0.2, -0.15) is 5.26 Å². The van der Waals surface area contributed by atoms with Crippen LogP contribution in [0.25, 0.3) is 16.7 Å². The van der Waals surface area contributed by atoms with E-state index < -0.39 is 6.10 Å². The maximum absolute atomic E-state index is 12.7. The molecular formula is C24H24N4O3. The molecule has 0 saturated heterocycles. The van der Waals surface area contributed by atoms with E-state index in [2.05, 4.69) is 11.4 Å². The van der Waals surface area contributed by atoms with Crippen molar-refractivity contribution in [2.24, 2.45) is 0 Å². The third-order valence-corrected chi connectivity index (χ3v) is 5.27. The summed E-state index contributed by atoms with van der Waals surface area (Å²) in [5.41, 5.74) is 3.75. The zero-order valence-electron chi connectivity index (χ0n) is 17.5. The first-order valence-electron chi connectivity index (χ1n) is 10.2. The van der Waals surface area contributed by atoms with Gasteiger partial charge >= 0.3 is 0 Å². The minimum absolute atomic E-state index is 0.191. The Morgan fingerprint density at radius 1 is 1.16 bits per heavy atom. The Morgan fingerprint density at radius 3 is 2.55 bits per heavy atom. The number of hydrogen-bond acceptors (Lipinski definition) is 5. The maximum Gasteiger partial charge on any atom is 0.257 e. The summed E-state index contributed by atoms with van der Waals surface area (Å²) in [6.45, 7) is 4.84. The number of imidazole rings is 1. The third-order valence-electron chi connectivity index (χ3n) is 5.27. The van der Waals surface area contributed by atoms with Crippen LogP contribution in [0.3, 0.4) is 0 Å². The fourth-order valence-electron chi connectivity index (χ4n) is 3.87. The summed E-state index contributed by atoms with van der Waals surface area (Å²) in [5, 5.41) is 23.7. The summed E-state index contributed by atoms with van der Waals surface area (Å²) in [7, 11) is 0. The quantitative estimate of drug-likeness (QED) is 0.482. The second kappa shape index (κ2) is 8.54. The van der Waals surface area contributed by atoms with Gasteiger partial charge in [0.05, 0.1) is 35.9 Å². The molecular weight excluding hydrogens is 392 g/mol. The van der Waals surface area contributed by atoms with Crippen molar-refractivity contribution in [2.75, 3.05) is 18.5 Å². The molecule has 2 N–H and O–H groups in total. The topological polar surface area (TPSA) is 91.7 Å². The van der Waals surface area contributed by atoms with Crippen molar-refractivity contribution in [3.8, 4) is 11.8 Å². The highest BCUT2D eigenvalue weighted by molar-refractivity contribution is 5.84. The van der Waals surface area contributed by atoms with Crippen LogP contribution in [-0.4, -0.2) is 33.3 Å². The molecule has 7 heteroatoms. The van der Waals surface area contributed by atoms with Crippen LogP contribution in [-0.2, 0) is 6.54 Å². The number of nitrogens with zero attached hydrogens (tertiary/aromatic N) is 3. The van der Waals surface area contributed by atoms with E-state index >= 15 is 0 Å². The van der Waals surface area contributed by atoms with Crippen LogP contribution in [0.5, 0.6) is 5.75 Å². The van der Waals surface area contributed by atoms with Crippen molar-refractivity contribution in [3.05, 3.63) is 76.1 Å². The summed E-state index contributed by atoms with van der Waals surface area (Å²) < 4.78 is 8.85. The number of aryl methyl sites for hydroxylation is 1. The lowest BCUT2D eigenvalue weighted by atomic mass is 10.1. The number of nitrogens with one attached hydrogen (secondary N) is 1. The van der Waals surface area contributed by atoms with Gasteiger partial charge in [-0.3, -0.25) is 9.20 Å². The number of aliphatic hydroxyl groups excluding tert-OH is 1. The Bertz CT molecular complexity index is 1330. The second-order valence-corrected chi connectivity index (χ2v) is 7.40. The van der Waals surface area contributed by atoms with Crippen molar-refractivity contribution >= 4 is 22.4 Å². The number of rotatable bonds is 7. The summed E-state index contributed by atoms with van der Waals surface area (Å²) in [6.07, 6.45) is -0.742. The maximum atomic E-state index is 12.7. The van der Waals surface area contributed by atoms with Crippen LogP contribution in [0.15, 0.2) is 59.4 Å². The summed E-state index contributed by atoms with van der Waals surface area (Å²) >= 11 is 0. The number of pyridine rings is 1. The number of aliphatic hydroxyl groups is 1. The predicted octanol–water partition coefficient (Wildman–Crippen LogP) is 3.31. The predicted molar refractivity (Wildman–Crippen MR) is 121 cm³/mol. The molecule has 2 aromatic heterocycles. The molecule has 1 atom stereocenters. The number of benzene rings is 2. The van der Waals surface area contributed by atoms with Gasteiger partial charge < -0.3 is 19.7 Å². The highest BCUT2D eigenvalue weighted by atomic mass is 16.5. The fraction of sp³-hybridized carbons (Fsp3) is 0.250. The number of fused-ring (bicyclic) bond motifs is 3. The highest BCUT2D eigenvalue weighted by Crippen LogP contribution is 2.24. The number of ether oxygens (including phenoxy) is 1. The number of hydrogen-bond donors (Lipinski definition) is 2. The van der Waals surface area contributed by atoms with Crippen molar-refractivity contribution in [3.63, 3.8) is 0 Å². The molecule has 4 aromatic rings. The van der Waals surface area contributed by atoms with Gasteiger partial charge in [0.15, 0.2) is 0 Å². The van der Waals surface area contributed by atoms with E-state index in [0.29, 0.717) is 35.4 Å². The van der Waals surface area contributed by atoms with Gasteiger partial charge in [0.2, 0.25) is 0 Å². The Hall–Kier alpha value is -3.76. The van der Waals surface area contributed by atoms with Gasteiger partial charge in [-0.05, 0) is 55.8 Å². The van der Waals surface area contributed by atoms with Crippen LogP contribution >= 0.6 is 0 Å². The molecule has 0 spiro atoms. The Labute approximate surface area is 179 Å². The van der Waals surface area contributed by atoms with Crippen LogP contribution in [0.2, 0.25) is 0 Å². The molecule has 0 aliphatic carbocycles. The lowest BCUT2D eigenvalue weighted by Gasteiger charge is -2.16. The molecule has 0 fully saturated rings. The molecule has 0 bridgehead atoms. The molecule has 31 heavy (non-hydrogen) atoms. The van der Waals surface area contributed by atoms with Gasteiger partial charge in [0.25, 0.3) is 5.56 Å². The van der Waals surface area contributed by atoms with Gasteiger partial charge in [0, 0.05) is 18.3 Å². The van der Waals surface area contributed by atoms with Crippen molar-refractivity contribution in [1.82, 2.24) is 8.97 Å². The lowest BCUT2D eigenvalue weighted by molar-refractivity contribution is 0.169. The molecule has 4 rings (SSSR count). The monoisotopic (exact) mass is 416 g/mol. The molecule has 0 unspecified atom stereocenters. The number of aromatic nitrogens is 2. The van der Waals surface area contributed by atoms with Gasteiger partial charge in [-0.1, -0.05) is 12.1 Å². The molecule has 0 saturated carbocycles. The van der Waals surface area contributed by atoms with Crippen LogP contribution in [0.4, 0.5) is 5.69 Å². The smallest absolute Gasteiger partial charge is 0.257 e. The summed E-state index contributed by atoms with van der Waals surface area (Å²) in [4.78, 5) is 12.7. The van der Waals surface area contributed by atoms with Crippen molar-refractivity contribution < 1.29 is 9.84 Å². The summed E-state index contributed by atoms with van der Waals surface area (Å²) in [6, 6.07) is 18.7. The van der Waals surface area contributed by atoms with E-state index in [1.807, 2.05) is 60.0 Å². The first-order chi connectivity index (χ1) is 15.0. The SMILES string of the molecule is CCOc1ccc(NC[C@H](O)Cn2c3ccccc3n3c(=O)cc(C)c(C#N)c23)cc1. The first-order valence-corrected chi connectivity index (χ1v) is 10.2. The van der Waals surface area contributed by atoms with E-state index in [1.165, 1.54) is 6.07 Å². The molecule has 7 nitrogen and oxygen atoms in total. The molecule has 158 valence electrons. The minimum Gasteiger partial charge on any atom is -0.494 e. The zero-order chi connectivity index (χ0) is 22.0. The third kappa shape index (κ3) is 3.86. The molecule has 0 aliphatic heterocycles. The van der Waals surface area contributed by atoms with Crippen LogP contribution < -0.4 is 15.6 Å². The summed E-state index contributed by atoms with van der Waals surface area (Å²) in [5.74, 6) is 0.795. The van der Waals surface area contributed by atoms with E-state index in [-0.39, 0.29) is 12.1 Å². The zero-order valence-corrected chi connectivity index (χ0v) is 17.5. The Morgan fingerprint density at radius 2 is 1.87 bits per heavy atom. The number of para-hydroxylation sites is 2. The largest absolute Gasteiger partial charge is 0.494 e. The standard InChI is InChI=1S/C24H24N4O3/c1-3-31-19-10-8-17(9-11-19)26-14-18(29)15-27-21-6-4-5-7-22(21)28-23(30)12-16(2)20(13-25)24(27)28/h4-12,18,26,29H,3,14-15H2,1-2H3/t18-/m0/s1. The first kappa shape index (κ1) is 20.5. The van der Waals surface area contributed by atoms with Crippen LogP contribution in [0, 0.1) is 18.3 Å². The average Bonchev–Trinajstić information content (AvgIpc) is 3.08. The van der Waals surface area contributed by atoms with Crippen LogP contribution in [0.1, 0.15) is 18.1 Å². The Balaban J connectivity index is 1.65. The second-order valence-electron chi connectivity index (χ2n) is 7.40. The molecule has 2 heterocycles. The van der Waals surface area contributed by atoms with E-state index in [9.17, 15) is 15.2 Å². The lowest BCUT2D eigenvalue weighted by Crippen LogP contribution is -2.25. The highest BCUT2D eigenvalue weighted by Gasteiger charge is 2.19.